The van der Waals surface area contributed by atoms with Gasteiger partial charge in [0.25, 0.3) is 5.91 Å². The van der Waals surface area contributed by atoms with Crippen LogP contribution in [0.15, 0.2) is 66.0 Å². The van der Waals surface area contributed by atoms with Crippen LogP contribution in [0.3, 0.4) is 0 Å². The smallest absolute Gasteiger partial charge is 0.265 e. The third kappa shape index (κ3) is 4.14. The monoisotopic (exact) mass is 338 g/mol. The van der Waals surface area contributed by atoms with Crippen molar-refractivity contribution in [2.24, 2.45) is 0 Å². The third-order valence-corrected chi connectivity index (χ3v) is 4.41. The van der Waals surface area contributed by atoms with Crippen molar-refractivity contribution in [1.82, 2.24) is 0 Å². The first-order valence-corrected chi connectivity index (χ1v) is 8.44. The van der Waals surface area contributed by atoms with Crippen LogP contribution in [-0.4, -0.2) is 13.0 Å². The van der Waals surface area contributed by atoms with Crippen LogP contribution in [0.4, 0.5) is 11.4 Å². The second-order valence-corrected chi connectivity index (χ2v) is 6.16. The summed E-state index contributed by atoms with van der Waals surface area (Å²) in [6.45, 7) is 0.727. The average Bonchev–Trinajstić information content (AvgIpc) is 3.16. The molecule has 0 saturated carbocycles. The van der Waals surface area contributed by atoms with Crippen molar-refractivity contribution < 1.29 is 9.53 Å². The Balaban J connectivity index is 1.55. The van der Waals surface area contributed by atoms with Crippen molar-refractivity contribution in [1.29, 1.82) is 0 Å². The van der Waals surface area contributed by atoms with Gasteiger partial charge in [0.15, 0.2) is 0 Å². The van der Waals surface area contributed by atoms with Crippen LogP contribution in [0.1, 0.15) is 15.2 Å². The Kier molecular flexibility index (Phi) is 5.13. The van der Waals surface area contributed by atoms with Crippen molar-refractivity contribution in [2.45, 2.75) is 6.54 Å². The van der Waals surface area contributed by atoms with Gasteiger partial charge in [-0.1, -0.05) is 18.2 Å². The van der Waals surface area contributed by atoms with Crippen LogP contribution >= 0.6 is 11.3 Å². The van der Waals surface area contributed by atoms with Gasteiger partial charge in [-0.3, -0.25) is 4.79 Å². The zero-order valence-electron chi connectivity index (χ0n) is 13.3. The molecule has 122 valence electrons. The first kappa shape index (κ1) is 16.1. The van der Waals surface area contributed by atoms with E-state index < -0.39 is 0 Å². The molecule has 0 aliphatic carbocycles. The van der Waals surface area contributed by atoms with Gasteiger partial charge >= 0.3 is 0 Å². The number of carbonyl (C=O) groups excluding carboxylic acids is 1. The molecule has 0 spiro atoms. The second-order valence-electron chi connectivity index (χ2n) is 5.21. The Morgan fingerprint density at radius 1 is 1.00 bits per heavy atom. The molecule has 0 bridgehead atoms. The van der Waals surface area contributed by atoms with Gasteiger partial charge in [-0.2, -0.15) is 0 Å². The molecule has 0 saturated heterocycles. The Labute approximate surface area is 145 Å². The highest BCUT2D eigenvalue weighted by molar-refractivity contribution is 7.12. The lowest BCUT2D eigenvalue weighted by Crippen LogP contribution is -2.10. The van der Waals surface area contributed by atoms with Crippen molar-refractivity contribution in [3.05, 3.63) is 76.5 Å². The molecule has 24 heavy (non-hydrogen) atoms. The Bertz CT molecular complexity index is 781. The van der Waals surface area contributed by atoms with Crippen molar-refractivity contribution in [3.8, 4) is 5.75 Å². The quantitative estimate of drug-likeness (QED) is 0.689. The highest BCUT2D eigenvalue weighted by Crippen LogP contribution is 2.18. The first-order chi connectivity index (χ1) is 11.7. The summed E-state index contributed by atoms with van der Waals surface area (Å²) >= 11 is 1.43. The number of methoxy groups -OCH3 is 1. The van der Waals surface area contributed by atoms with Crippen molar-refractivity contribution >= 4 is 28.6 Å². The standard InChI is InChI=1S/C19H18N2O2S/c1-23-17-10-4-14(5-11-17)13-20-15-6-8-16(9-7-15)21-19(22)18-3-2-12-24-18/h2-12,20H,13H2,1H3,(H,21,22). The van der Waals surface area contributed by atoms with Gasteiger partial charge in [-0.05, 0) is 53.4 Å². The molecule has 2 N–H and O–H groups in total. The van der Waals surface area contributed by atoms with Crippen molar-refractivity contribution in [2.75, 3.05) is 17.7 Å². The molecular weight excluding hydrogens is 320 g/mol. The van der Waals surface area contributed by atoms with E-state index >= 15 is 0 Å². The summed E-state index contributed by atoms with van der Waals surface area (Å²) in [7, 11) is 1.66. The highest BCUT2D eigenvalue weighted by Gasteiger charge is 2.06. The fraction of sp³-hybridized carbons (Fsp3) is 0.105. The lowest BCUT2D eigenvalue weighted by atomic mass is 10.2. The zero-order valence-corrected chi connectivity index (χ0v) is 14.1. The van der Waals surface area contributed by atoms with Gasteiger partial charge in [0.1, 0.15) is 5.75 Å². The summed E-state index contributed by atoms with van der Waals surface area (Å²) in [4.78, 5) is 12.7. The summed E-state index contributed by atoms with van der Waals surface area (Å²) in [5.41, 5.74) is 2.95. The van der Waals surface area contributed by atoms with Crippen LogP contribution in [0.5, 0.6) is 5.75 Å². The van der Waals surface area contributed by atoms with Crippen LogP contribution in [0.2, 0.25) is 0 Å². The Hall–Kier alpha value is -2.79. The van der Waals surface area contributed by atoms with E-state index in [2.05, 4.69) is 10.6 Å². The van der Waals surface area contributed by atoms with Crippen LogP contribution in [0.25, 0.3) is 0 Å². The normalized spacial score (nSPS) is 10.2. The van der Waals surface area contributed by atoms with Gasteiger partial charge in [0.2, 0.25) is 0 Å². The van der Waals surface area contributed by atoms with E-state index in [1.165, 1.54) is 16.9 Å². The fourth-order valence-corrected chi connectivity index (χ4v) is 2.84. The van der Waals surface area contributed by atoms with Crippen LogP contribution in [0, 0.1) is 0 Å². The zero-order chi connectivity index (χ0) is 16.8. The number of ether oxygens (including phenoxy) is 1. The molecule has 0 aliphatic rings. The van der Waals surface area contributed by atoms with E-state index in [9.17, 15) is 4.79 Å². The van der Waals surface area contributed by atoms with Gasteiger partial charge in [-0.15, -0.1) is 11.3 Å². The average molecular weight is 338 g/mol. The summed E-state index contributed by atoms with van der Waals surface area (Å²) in [6.07, 6.45) is 0. The molecule has 4 nitrogen and oxygen atoms in total. The summed E-state index contributed by atoms with van der Waals surface area (Å²) in [5, 5.41) is 8.13. The number of rotatable bonds is 6. The number of carbonyl (C=O) groups is 1. The number of hydrogen-bond donors (Lipinski definition) is 2. The lowest BCUT2D eigenvalue weighted by Gasteiger charge is -2.09. The molecular formula is C19H18N2O2S. The predicted molar refractivity (Wildman–Crippen MR) is 99.0 cm³/mol. The molecule has 1 amide bonds. The molecule has 0 fully saturated rings. The molecule has 0 atom stereocenters. The molecule has 2 aromatic carbocycles. The van der Waals surface area contributed by atoms with Gasteiger partial charge in [-0.25, -0.2) is 0 Å². The maximum absolute atomic E-state index is 12.0. The van der Waals surface area contributed by atoms with Crippen LogP contribution in [-0.2, 0) is 6.54 Å². The fourth-order valence-electron chi connectivity index (χ4n) is 2.22. The van der Waals surface area contributed by atoms with E-state index in [4.69, 9.17) is 4.74 Å². The number of amides is 1. The van der Waals surface area contributed by atoms with E-state index in [1.54, 1.807) is 7.11 Å². The van der Waals surface area contributed by atoms with Crippen molar-refractivity contribution in [3.63, 3.8) is 0 Å². The molecule has 3 rings (SSSR count). The Morgan fingerprint density at radius 3 is 2.33 bits per heavy atom. The number of thiophene rings is 1. The minimum atomic E-state index is -0.0797. The molecule has 0 unspecified atom stereocenters. The summed E-state index contributed by atoms with van der Waals surface area (Å²) in [5.74, 6) is 0.772. The first-order valence-electron chi connectivity index (χ1n) is 7.56. The minimum Gasteiger partial charge on any atom is -0.497 e. The molecule has 1 heterocycles. The topological polar surface area (TPSA) is 50.4 Å². The maximum Gasteiger partial charge on any atom is 0.265 e. The second kappa shape index (κ2) is 7.66. The number of benzene rings is 2. The molecule has 0 aliphatic heterocycles. The minimum absolute atomic E-state index is 0.0797. The van der Waals surface area contributed by atoms with E-state index in [1.807, 2.05) is 66.0 Å². The largest absolute Gasteiger partial charge is 0.497 e. The van der Waals surface area contributed by atoms with Crippen LogP contribution < -0.4 is 15.4 Å². The maximum atomic E-state index is 12.0. The highest BCUT2D eigenvalue weighted by atomic mass is 32.1. The molecule has 0 radical (unpaired) electrons. The van der Waals surface area contributed by atoms with E-state index in [0.29, 0.717) is 4.88 Å². The summed E-state index contributed by atoms with van der Waals surface area (Å²) in [6, 6.07) is 19.3. The number of anilines is 2. The molecule has 1 aromatic heterocycles. The molecule has 3 aromatic rings. The van der Waals surface area contributed by atoms with Gasteiger partial charge in [0.05, 0.1) is 12.0 Å². The van der Waals surface area contributed by atoms with E-state index in [-0.39, 0.29) is 5.91 Å². The van der Waals surface area contributed by atoms with E-state index in [0.717, 1.165) is 23.7 Å². The van der Waals surface area contributed by atoms with Gasteiger partial charge < -0.3 is 15.4 Å². The summed E-state index contributed by atoms with van der Waals surface area (Å²) < 4.78 is 5.15. The Morgan fingerprint density at radius 2 is 1.71 bits per heavy atom. The predicted octanol–water partition coefficient (Wildman–Crippen LogP) is 4.62. The number of nitrogens with one attached hydrogen (secondary N) is 2. The SMILES string of the molecule is COc1ccc(CNc2ccc(NC(=O)c3cccs3)cc2)cc1. The lowest BCUT2D eigenvalue weighted by molar-refractivity contribution is 0.103. The van der Waals surface area contributed by atoms with Gasteiger partial charge in [0, 0.05) is 17.9 Å². The number of hydrogen-bond acceptors (Lipinski definition) is 4. The third-order valence-electron chi connectivity index (χ3n) is 3.54. The molecule has 5 heteroatoms.